The molecule has 1 nitrogen and oxygen atoms in total. The average molecular weight is 172 g/mol. The van der Waals surface area contributed by atoms with E-state index in [1.54, 1.807) is 0 Å². The summed E-state index contributed by atoms with van der Waals surface area (Å²) < 4.78 is 5.61. The van der Waals surface area contributed by atoms with Gasteiger partial charge >= 0.3 is 0 Å². The Morgan fingerprint density at radius 2 is 1.82 bits per heavy atom. The molecule has 0 rings (SSSR count). The van der Waals surface area contributed by atoms with E-state index in [2.05, 4.69) is 20.8 Å². The summed E-state index contributed by atoms with van der Waals surface area (Å²) in [5.41, 5.74) is 0. The summed E-state index contributed by atoms with van der Waals surface area (Å²) >= 11 is 0. The van der Waals surface area contributed by atoms with E-state index in [1.807, 2.05) is 0 Å². The minimum absolute atomic E-state index is 0.884. The minimum Gasteiger partial charge on any atom is -0.498 e. The Balaban J connectivity index is 3.92. The zero-order chi connectivity index (χ0) is 8.69. The van der Waals surface area contributed by atoms with Crippen molar-refractivity contribution in [3.05, 3.63) is 11.0 Å². The molecule has 0 aromatic rings. The molecule has 2 heteroatoms. The molecule has 0 heterocycles. The van der Waals surface area contributed by atoms with E-state index in [9.17, 15) is 0 Å². The minimum atomic E-state index is 0.884. The highest BCUT2D eigenvalue weighted by Crippen LogP contribution is 2.10. The second kappa shape index (κ2) is 6.47. The Kier molecular flexibility index (Phi) is 6.32. The average Bonchev–Trinajstić information content (AvgIpc) is 2.05. The molecule has 0 aliphatic rings. The standard InChI is InChI=1S/C9H20OSi/c1-4-7-10-8(5-2)9(11)6-3/h4-7H2,1-3,11H3. The molecule has 0 aromatic heterocycles. The van der Waals surface area contributed by atoms with Gasteiger partial charge in [-0.3, -0.25) is 0 Å². The van der Waals surface area contributed by atoms with Gasteiger partial charge < -0.3 is 4.74 Å². The van der Waals surface area contributed by atoms with Gasteiger partial charge in [0, 0.05) is 16.7 Å². The summed E-state index contributed by atoms with van der Waals surface area (Å²) in [6.07, 6.45) is 3.34. The third-order valence-corrected chi connectivity index (χ3v) is 3.07. The monoisotopic (exact) mass is 172 g/mol. The first-order chi connectivity index (χ1) is 5.26. The predicted molar refractivity (Wildman–Crippen MR) is 53.8 cm³/mol. The fraction of sp³-hybridized carbons (Fsp3) is 0.778. The molecular formula is C9H20OSi. The van der Waals surface area contributed by atoms with E-state index in [0.29, 0.717) is 0 Å². The summed E-state index contributed by atoms with van der Waals surface area (Å²) in [4.78, 5) is 0. The van der Waals surface area contributed by atoms with Crippen LogP contribution in [0.5, 0.6) is 0 Å². The van der Waals surface area contributed by atoms with Crippen molar-refractivity contribution in [2.75, 3.05) is 6.61 Å². The lowest BCUT2D eigenvalue weighted by Gasteiger charge is -2.10. The quantitative estimate of drug-likeness (QED) is 0.454. The van der Waals surface area contributed by atoms with E-state index >= 15 is 0 Å². The van der Waals surface area contributed by atoms with Crippen molar-refractivity contribution in [1.29, 1.82) is 0 Å². The van der Waals surface area contributed by atoms with Gasteiger partial charge in [-0.15, -0.1) is 0 Å². The van der Waals surface area contributed by atoms with Gasteiger partial charge in [0.25, 0.3) is 0 Å². The fourth-order valence-corrected chi connectivity index (χ4v) is 1.45. The summed E-state index contributed by atoms with van der Waals surface area (Å²) in [7, 11) is 1.15. The molecule has 11 heavy (non-hydrogen) atoms. The second-order valence-corrected chi connectivity index (χ2v) is 3.97. The number of allylic oxidation sites excluding steroid dienone is 2. The van der Waals surface area contributed by atoms with Crippen molar-refractivity contribution in [2.45, 2.75) is 40.0 Å². The molecule has 0 aliphatic carbocycles. The third kappa shape index (κ3) is 4.25. The fourth-order valence-electron chi connectivity index (χ4n) is 0.949. The van der Waals surface area contributed by atoms with Gasteiger partial charge in [-0.05, 0) is 12.8 Å². The molecule has 0 saturated heterocycles. The van der Waals surface area contributed by atoms with Crippen LogP contribution in [-0.4, -0.2) is 16.8 Å². The molecule has 0 amide bonds. The van der Waals surface area contributed by atoms with E-state index in [1.165, 1.54) is 17.4 Å². The number of hydrogen-bond acceptors (Lipinski definition) is 1. The zero-order valence-corrected chi connectivity index (χ0v) is 10.2. The lowest BCUT2D eigenvalue weighted by molar-refractivity contribution is 0.202. The van der Waals surface area contributed by atoms with Gasteiger partial charge in [0.2, 0.25) is 0 Å². The van der Waals surface area contributed by atoms with Crippen molar-refractivity contribution < 1.29 is 4.74 Å². The number of ether oxygens (including phenoxy) is 1. The lowest BCUT2D eigenvalue weighted by atomic mass is 10.3. The van der Waals surface area contributed by atoms with Crippen molar-refractivity contribution >= 4 is 10.2 Å². The van der Waals surface area contributed by atoms with Crippen LogP contribution in [-0.2, 0) is 4.74 Å². The van der Waals surface area contributed by atoms with Crippen molar-refractivity contribution in [1.82, 2.24) is 0 Å². The van der Waals surface area contributed by atoms with Gasteiger partial charge in [0.15, 0.2) is 0 Å². The van der Waals surface area contributed by atoms with Gasteiger partial charge in [0.1, 0.15) is 0 Å². The van der Waals surface area contributed by atoms with Crippen LogP contribution in [0, 0.1) is 0 Å². The Morgan fingerprint density at radius 1 is 1.18 bits per heavy atom. The molecule has 0 saturated carbocycles. The largest absolute Gasteiger partial charge is 0.498 e. The van der Waals surface area contributed by atoms with E-state index < -0.39 is 0 Å². The summed E-state index contributed by atoms with van der Waals surface area (Å²) in [5, 5.41) is 1.53. The first-order valence-electron chi connectivity index (χ1n) is 4.57. The zero-order valence-electron chi connectivity index (χ0n) is 8.24. The molecule has 0 atom stereocenters. The first kappa shape index (κ1) is 10.8. The van der Waals surface area contributed by atoms with Crippen molar-refractivity contribution in [3.8, 4) is 0 Å². The molecule has 0 aliphatic heterocycles. The summed E-state index contributed by atoms with van der Waals surface area (Å²) in [6.45, 7) is 7.40. The Bertz CT molecular complexity index is 130. The van der Waals surface area contributed by atoms with E-state index in [-0.39, 0.29) is 0 Å². The molecular weight excluding hydrogens is 152 g/mol. The second-order valence-electron chi connectivity index (χ2n) is 2.76. The number of hydrogen-bond donors (Lipinski definition) is 0. The SMILES string of the molecule is CCCOC(CC)=C([SiH3])CC. The van der Waals surface area contributed by atoms with Crippen molar-refractivity contribution in [3.63, 3.8) is 0 Å². The molecule has 0 unspecified atom stereocenters. The smallest absolute Gasteiger partial charge is 0.0900 e. The Morgan fingerprint density at radius 3 is 2.18 bits per heavy atom. The highest BCUT2D eigenvalue weighted by molar-refractivity contribution is 6.21. The van der Waals surface area contributed by atoms with Gasteiger partial charge in [-0.1, -0.05) is 26.0 Å². The molecule has 0 N–H and O–H groups in total. The van der Waals surface area contributed by atoms with Crippen LogP contribution >= 0.6 is 0 Å². The van der Waals surface area contributed by atoms with E-state index in [4.69, 9.17) is 4.74 Å². The number of rotatable bonds is 5. The molecule has 0 fully saturated rings. The topological polar surface area (TPSA) is 9.23 Å². The molecule has 66 valence electrons. The van der Waals surface area contributed by atoms with E-state index in [0.717, 1.165) is 29.7 Å². The van der Waals surface area contributed by atoms with Crippen LogP contribution in [0.3, 0.4) is 0 Å². The van der Waals surface area contributed by atoms with Gasteiger partial charge in [-0.2, -0.15) is 0 Å². The maximum Gasteiger partial charge on any atom is 0.0900 e. The molecule has 0 spiro atoms. The summed E-state index contributed by atoms with van der Waals surface area (Å²) in [5.74, 6) is 1.25. The molecule has 0 radical (unpaired) electrons. The van der Waals surface area contributed by atoms with Gasteiger partial charge in [-0.25, -0.2) is 0 Å². The maximum absolute atomic E-state index is 5.61. The Hall–Kier alpha value is -0.243. The van der Waals surface area contributed by atoms with Crippen LogP contribution in [0.15, 0.2) is 11.0 Å². The highest BCUT2D eigenvalue weighted by Gasteiger charge is 1.97. The van der Waals surface area contributed by atoms with Crippen LogP contribution in [0.25, 0.3) is 0 Å². The predicted octanol–water partition coefficient (Wildman–Crippen LogP) is 1.81. The van der Waals surface area contributed by atoms with Crippen LogP contribution in [0.2, 0.25) is 0 Å². The third-order valence-electron chi connectivity index (χ3n) is 1.81. The van der Waals surface area contributed by atoms with Gasteiger partial charge in [0.05, 0.1) is 12.4 Å². The first-order valence-corrected chi connectivity index (χ1v) is 5.57. The Labute approximate surface area is 73.3 Å². The lowest BCUT2D eigenvalue weighted by Crippen LogP contribution is -1.97. The van der Waals surface area contributed by atoms with Crippen molar-refractivity contribution in [2.24, 2.45) is 0 Å². The summed E-state index contributed by atoms with van der Waals surface area (Å²) in [6, 6.07) is 0. The molecule has 0 aromatic carbocycles. The highest BCUT2D eigenvalue weighted by atomic mass is 28.1. The maximum atomic E-state index is 5.61. The normalized spacial score (nSPS) is 13.0. The van der Waals surface area contributed by atoms with Crippen LogP contribution in [0.4, 0.5) is 0 Å². The van der Waals surface area contributed by atoms with Crippen LogP contribution < -0.4 is 0 Å². The van der Waals surface area contributed by atoms with Crippen LogP contribution in [0.1, 0.15) is 40.0 Å². The molecule has 0 bridgehead atoms.